The molecule has 112 valence electrons. The van der Waals surface area contributed by atoms with Crippen molar-refractivity contribution in [3.05, 3.63) is 0 Å². The number of carbonyl (C=O) groups is 2. The first-order chi connectivity index (χ1) is 8.99. The predicted molar refractivity (Wildman–Crippen MR) is 73.9 cm³/mol. The van der Waals surface area contributed by atoms with Crippen LogP contribution in [0.15, 0.2) is 0 Å². The van der Waals surface area contributed by atoms with Crippen LogP contribution in [-0.4, -0.2) is 42.3 Å². The Morgan fingerprint density at radius 3 is 2.05 bits per heavy atom. The first-order valence-corrected chi connectivity index (χ1v) is 7.11. The molecule has 0 spiro atoms. The van der Waals surface area contributed by atoms with Gasteiger partial charge in [0.05, 0.1) is 13.2 Å². The maximum atomic E-state index is 12.0. The maximum Gasteiger partial charge on any atom is 0.410 e. The van der Waals surface area contributed by atoms with Crippen LogP contribution in [-0.2, 0) is 14.3 Å². The largest absolute Gasteiger partial charge is 0.464 e. The van der Waals surface area contributed by atoms with E-state index in [1.54, 1.807) is 13.8 Å². The van der Waals surface area contributed by atoms with Gasteiger partial charge in [-0.3, -0.25) is 4.90 Å². The van der Waals surface area contributed by atoms with Crippen LogP contribution in [0.4, 0.5) is 4.79 Å². The molecule has 0 bridgehead atoms. The third kappa shape index (κ3) is 5.94. The molecular weight excluding hydrogens is 246 g/mol. The van der Waals surface area contributed by atoms with Gasteiger partial charge < -0.3 is 9.47 Å². The third-order valence-electron chi connectivity index (χ3n) is 2.76. The van der Waals surface area contributed by atoms with Gasteiger partial charge >= 0.3 is 12.1 Å². The van der Waals surface area contributed by atoms with Crippen LogP contribution in [0.3, 0.4) is 0 Å². The summed E-state index contributed by atoms with van der Waals surface area (Å²) < 4.78 is 10.1. The van der Waals surface area contributed by atoms with Crippen molar-refractivity contribution in [3.8, 4) is 0 Å². The summed E-state index contributed by atoms with van der Waals surface area (Å²) in [5, 5.41) is 0. The Balaban J connectivity index is 5.00. The standard InChI is InChI=1S/C14H27NO4/c1-6-9-10-12(13(16)18-7-2)15(11(4)5)14(17)19-8-3/h11-12H,6-10H2,1-5H3. The molecule has 0 aromatic rings. The molecule has 5 nitrogen and oxygen atoms in total. The van der Waals surface area contributed by atoms with E-state index in [1.807, 2.05) is 20.8 Å². The van der Waals surface area contributed by atoms with Crippen molar-refractivity contribution in [3.63, 3.8) is 0 Å². The molecule has 19 heavy (non-hydrogen) atoms. The number of amides is 1. The van der Waals surface area contributed by atoms with E-state index in [4.69, 9.17) is 9.47 Å². The Labute approximate surface area is 116 Å². The Bertz CT molecular complexity index is 279. The van der Waals surface area contributed by atoms with Gasteiger partial charge in [0.2, 0.25) is 0 Å². The highest BCUT2D eigenvalue weighted by Crippen LogP contribution is 2.16. The molecule has 0 aromatic heterocycles. The average molecular weight is 273 g/mol. The lowest BCUT2D eigenvalue weighted by Crippen LogP contribution is -2.49. The number of unbranched alkanes of at least 4 members (excludes halogenated alkanes) is 1. The summed E-state index contributed by atoms with van der Waals surface area (Å²) in [6.45, 7) is 9.92. The van der Waals surface area contributed by atoms with E-state index in [2.05, 4.69) is 0 Å². The molecule has 0 fully saturated rings. The fourth-order valence-electron chi connectivity index (χ4n) is 1.90. The van der Waals surface area contributed by atoms with Crippen molar-refractivity contribution in [2.75, 3.05) is 13.2 Å². The van der Waals surface area contributed by atoms with Crippen molar-refractivity contribution >= 4 is 12.1 Å². The number of nitrogens with zero attached hydrogens (tertiary/aromatic N) is 1. The molecule has 0 aliphatic carbocycles. The smallest absolute Gasteiger partial charge is 0.410 e. The van der Waals surface area contributed by atoms with Gasteiger partial charge in [0.25, 0.3) is 0 Å². The van der Waals surface area contributed by atoms with Crippen LogP contribution in [0, 0.1) is 0 Å². The summed E-state index contributed by atoms with van der Waals surface area (Å²) in [5.41, 5.74) is 0. The second-order valence-electron chi connectivity index (χ2n) is 4.61. The van der Waals surface area contributed by atoms with Crippen molar-refractivity contribution in [2.45, 2.75) is 66.0 Å². The van der Waals surface area contributed by atoms with Crippen LogP contribution in [0.5, 0.6) is 0 Å². The van der Waals surface area contributed by atoms with Gasteiger partial charge in [-0.05, 0) is 34.1 Å². The highest BCUT2D eigenvalue weighted by Gasteiger charge is 2.33. The number of hydrogen-bond donors (Lipinski definition) is 0. The fourth-order valence-corrected chi connectivity index (χ4v) is 1.90. The summed E-state index contributed by atoms with van der Waals surface area (Å²) in [7, 11) is 0. The first kappa shape index (κ1) is 17.7. The van der Waals surface area contributed by atoms with Gasteiger partial charge in [0.1, 0.15) is 6.04 Å². The van der Waals surface area contributed by atoms with Crippen molar-refractivity contribution in [1.29, 1.82) is 0 Å². The van der Waals surface area contributed by atoms with Gasteiger partial charge in [0.15, 0.2) is 0 Å². The molecule has 0 aromatic carbocycles. The number of ether oxygens (including phenoxy) is 2. The molecule has 1 unspecified atom stereocenters. The highest BCUT2D eigenvalue weighted by molar-refractivity contribution is 5.81. The Kier molecular flexibility index (Phi) is 9.00. The SMILES string of the molecule is CCCCC(C(=O)OCC)N(C(=O)OCC)C(C)C. The molecule has 1 atom stereocenters. The van der Waals surface area contributed by atoms with Crippen molar-refractivity contribution in [2.24, 2.45) is 0 Å². The highest BCUT2D eigenvalue weighted by atomic mass is 16.6. The van der Waals surface area contributed by atoms with Crippen molar-refractivity contribution < 1.29 is 19.1 Å². The van der Waals surface area contributed by atoms with E-state index in [-0.39, 0.29) is 12.0 Å². The Hall–Kier alpha value is -1.26. The molecule has 0 aliphatic heterocycles. The lowest BCUT2D eigenvalue weighted by Gasteiger charge is -2.32. The van der Waals surface area contributed by atoms with E-state index in [0.717, 1.165) is 12.8 Å². The predicted octanol–water partition coefficient (Wildman–Crippen LogP) is 2.98. The summed E-state index contributed by atoms with van der Waals surface area (Å²) >= 11 is 0. The zero-order chi connectivity index (χ0) is 14.8. The van der Waals surface area contributed by atoms with Gasteiger partial charge in [0, 0.05) is 6.04 Å². The lowest BCUT2D eigenvalue weighted by molar-refractivity contribution is -0.150. The molecule has 0 aliphatic rings. The van der Waals surface area contributed by atoms with E-state index in [1.165, 1.54) is 4.90 Å². The number of hydrogen-bond acceptors (Lipinski definition) is 4. The van der Waals surface area contributed by atoms with Gasteiger partial charge in [-0.25, -0.2) is 9.59 Å². The fraction of sp³-hybridized carbons (Fsp3) is 0.857. The van der Waals surface area contributed by atoms with Gasteiger partial charge in [-0.1, -0.05) is 19.8 Å². The van der Waals surface area contributed by atoms with Crippen molar-refractivity contribution in [1.82, 2.24) is 4.90 Å². The molecule has 0 N–H and O–H groups in total. The molecule has 0 radical (unpaired) electrons. The van der Waals surface area contributed by atoms with Crippen LogP contribution in [0.1, 0.15) is 53.9 Å². The molecule has 0 heterocycles. The third-order valence-corrected chi connectivity index (χ3v) is 2.76. The molecule has 0 saturated carbocycles. The lowest BCUT2D eigenvalue weighted by atomic mass is 10.1. The summed E-state index contributed by atoms with van der Waals surface area (Å²) in [5.74, 6) is -0.349. The number of rotatable bonds is 8. The summed E-state index contributed by atoms with van der Waals surface area (Å²) in [6.07, 6.45) is 1.98. The topological polar surface area (TPSA) is 55.8 Å². The summed E-state index contributed by atoms with van der Waals surface area (Å²) in [6, 6.07) is -0.663. The molecule has 0 saturated heterocycles. The van der Waals surface area contributed by atoms with Crippen LogP contribution < -0.4 is 0 Å². The Morgan fingerprint density at radius 1 is 1.05 bits per heavy atom. The molecule has 5 heteroatoms. The minimum Gasteiger partial charge on any atom is -0.464 e. The van der Waals surface area contributed by atoms with Crippen LogP contribution in [0.25, 0.3) is 0 Å². The Morgan fingerprint density at radius 2 is 1.63 bits per heavy atom. The van der Waals surface area contributed by atoms with E-state index < -0.39 is 12.1 Å². The zero-order valence-electron chi connectivity index (χ0n) is 12.8. The quantitative estimate of drug-likeness (QED) is 0.638. The van der Waals surface area contributed by atoms with Gasteiger partial charge in [-0.2, -0.15) is 0 Å². The minimum atomic E-state index is -0.557. The second-order valence-corrected chi connectivity index (χ2v) is 4.61. The molecular formula is C14H27NO4. The minimum absolute atomic E-state index is 0.106. The number of carbonyl (C=O) groups excluding carboxylic acids is 2. The van der Waals surface area contributed by atoms with E-state index >= 15 is 0 Å². The van der Waals surface area contributed by atoms with E-state index in [0.29, 0.717) is 19.6 Å². The molecule has 1 amide bonds. The number of esters is 1. The average Bonchev–Trinajstić information content (AvgIpc) is 2.34. The maximum absolute atomic E-state index is 12.0. The van der Waals surface area contributed by atoms with Gasteiger partial charge in [-0.15, -0.1) is 0 Å². The normalized spacial score (nSPS) is 12.1. The second kappa shape index (κ2) is 9.64. The van der Waals surface area contributed by atoms with Crippen LogP contribution >= 0.6 is 0 Å². The first-order valence-electron chi connectivity index (χ1n) is 7.11. The monoisotopic (exact) mass is 273 g/mol. The molecule has 0 rings (SSSR count). The summed E-state index contributed by atoms with van der Waals surface area (Å²) in [4.78, 5) is 25.5. The zero-order valence-corrected chi connectivity index (χ0v) is 12.8. The van der Waals surface area contributed by atoms with Crippen LogP contribution in [0.2, 0.25) is 0 Å². The van der Waals surface area contributed by atoms with E-state index in [9.17, 15) is 9.59 Å².